The van der Waals surface area contributed by atoms with E-state index in [0.717, 1.165) is 29.5 Å². The van der Waals surface area contributed by atoms with Gasteiger partial charge in [-0.05, 0) is 43.9 Å². The fourth-order valence-electron chi connectivity index (χ4n) is 5.15. The zero-order valence-corrected chi connectivity index (χ0v) is 18.8. The Bertz CT molecular complexity index is 963. The molecule has 0 radical (unpaired) electrons. The lowest BCUT2D eigenvalue weighted by Gasteiger charge is -2.41. The highest BCUT2D eigenvalue weighted by Gasteiger charge is 2.35. The van der Waals surface area contributed by atoms with E-state index in [9.17, 15) is 9.59 Å². The van der Waals surface area contributed by atoms with Crippen LogP contribution in [0.2, 0.25) is 0 Å². The lowest BCUT2D eigenvalue weighted by molar-refractivity contribution is -0.136. The van der Waals surface area contributed by atoms with E-state index in [0.29, 0.717) is 31.2 Å². The number of amides is 2. The monoisotopic (exact) mass is 426 g/mol. The van der Waals surface area contributed by atoms with Crippen LogP contribution < -0.4 is 10.5 Å². The van der Waals surface area contributed by atoms with E-state index in [4.69, 9.17) is 10.5 Å². The molecule has 1 aromatic carbocycles. The molecule has 2 heterocycles. The van der Waals surface area contributed by atoms with Crippen molar-refractivity contribution in [2.45, 2.75) is 51.1 Å². The summed E-state index contributed by atoms with van der Waals surface area (Å²) in [5.74, 6) is 1.10. The molecule has 4 rings (SSSR count). The van der Waals surface area contributed by atoms with Crippen molar-refractivity contribution in [3.05, 3.63) is 30.0 Å². The minimum absolute atomic E-state index is 0.00570. The smallest absolute Gasteiger partial charge is 0.270 e. The second kappa shape index (κ2) is 8.91. The largest absolute Gasteiger partial charge is 0.497 e. The fraction of sp³-hybridized carbons (Fsp3) is 0.583. The quantitative estimate of drug-likeness (QED) is 0.815. The van der Waals surface area contributed by atoms with Crippen molar-refractivity contribution in [1.29, 1.82) is 0 Å². The Labute approximate surface area is 184 Å². The first-order valence-corrected chi connectivity index (χ1v) is 11.4. The molecular weight excluding hydrogens is 392 g/mol. The summed E-state index contributed by atoms with van der Waals surface area (Å²) in [6.45, 7) is 3.60. The first kappa shape index (κ1) is 21.7. The number of fused-ring (bicyclic) bond motifs is 1. The molecule has 1 saturated heterocycles. The van der Waals surface area contributed by atoms with Crippen LogP contribution in [0.3, 0.4) is 0 Å². The molecule has 0 spiro atoms. The predicted octanol–water partition coefficient (Wildman–Crippen LogP) is 2.77. The van der Waals surface area contributed by atoms with Gasteiger partial charge in [0.05, 0.1) is 18.7 Å². The second-order valence-electron chi connectivity index (χ2n) is 9.07. The molecule has 7 heteroatoms. The molecule has 2 unspecified atom stereocenters. The average molecular weight is 427 g/mol. The summed E-state index contributed by atoms with van der Waals surface area (Å²) in [5, 5.41) is 1.01. The minimum atomic E-state index is -0.414. The van der Waals surface area contributed by atoms with E-state index in [1.165, 1.54) is 19.3 Å². The third-order valence-corrected chi connectivity index (χ3v) is 7.11. The van der Waals surface area contributed by atoms with Gasteiger partial charge < -0.3 is 24.8 Å². The number of hydrogen-bond donors (Lipinski definition) is 1. The van der Waals surface area contributed by atoms with Gasteiger partial charge in [-0.2, -0.15) is 0 Å². The van der Waals surface area contributed by atoms with Gasteiger partial charge in [0, 0.05) is 44.2 Å². The number of nitrogens with zero attached hydrogens (tertiary/aromatic N) is 3. The summed E-state index contributed by atoms with van der Waals surface area (Å²) < 4.78 is 7.24. The molecule has 1 aliphatic heterocycles. The maximum Gasteiger partial charge on any atom is 0.270 e. The van der Waals surface area contributed by atoms with Crippen molar-refractivity contribution >= 4 is 22.7 Å². The summed E-state index contributed by atoms with van der Waals surface area (Å²) in [6, 6.07) is 7.27. The van der Waals surface area contributed by atoms with Gasteiger partial charge in [-0.15, -0.1) is 0 Å². The first-order chi connectivity index (χ1) is 14.9. The molecule has 168 valence electrons. The molecule has 2 amide bonds. The van der Waals surface area contributed by atoms with Gasteiger partial charge in [0.15, 0.2) is 0 Å². The molecule has 31 heavy (non-hydrogen) atoms. The Morgan fingerprint density at radius 3 is 2.55 bits per heavy atom. The number of methoxy groups -OCH3 is 1. The van der Waals surface area contributed by atoms with Gasteiger partial charge in [-0.1, -0.05) is 19.3 Å². The second-order valence-corrected chi connectivity index (χ2v) is 9.07. The standard InChI is InChI=1S/C24H34N4O3/c1-16-15-27(24(30)22(25)17-7-5-4-6-8-17)11-12-28(16)23(29)21-13-18-9-10-19(31-3)14-20(18)26(21)2/h9-10,13-14,16-17,22H,4-8,11-12,15,25H2,1-3H3. The molecule has 2 aliphatic rings. The number of nitrogens with two attached hydrogens (primary N) is 1. The number of aromatic nitrogens is 1. The molecule has 2 aromatic rings. The van der Waals surface area contributed by atoms with Crippen LogP contribution in [-0.4, -0.2) is 65.0 Å². The van der Waals surface area contributed by atoms with Crippen LogP contribution in [0.25, 0.3) is 10.9 Å². The van der Waals surface area contributed by atoms with E-state index in [1.54, 1.807) is 7.11 Å². The molecular formula is C24H34N4O3. The third kappa shape index (κ3) is 4.15. The van der Waals surface area contributed by atoms with Crippen LogP contribution in [0.5, 0.6) is 5.75 Å². The zero-order chi connectivity index (χ0) is 22.1. The van der Waals surface area contributed by atoms with Crippen molar-refractivity contribution in [2.24, 2.45) is 18.7 Å². The normalized spacial score (nSPS) is 21.4. The highest BCUT2D eigenvalue weighted by Crippen LogP contribution is 2.28. The first-order valence-electron chi connectivity index (χ1n) is 11.4. The molecule has 2 N–H and O–H groups in total. The van der Waals surface area contributed by atoms with Gasteiger partial charge in [0.25, 0.3) is 5.91 Å². The van der Waals surface area contributed by atoms with Gasteiger partial charge in [0.1, 0.15) is 11.4 Å². The van der Waals surface area contributed by atoms with Crippen LogP contribution in [0, 0.1) is 5.92 Å². The number of ether oxygens (including phenoxy) is 1. The summed E-state index contributed by atoms with van der Waals surface area (Å²) in [7, 11) is 3.54. The molecule has 1 aliphatic carbocycles. The third-order valence-electron chi connectivity index (χ3n) is 7.11. The Morgan fingerprint density at radius 1 is 1.13 bits per heavy atom. The summed E-state index contributed by atoms with van der Waals surface area (Å²) in [5.41, 5.74) is 7.96. The molecule has 0 bridgehead atoms. The summed E-state index contributed by atoms with van der Waals surface area (Å²) in [4.78, 5) is 30.1. The number of piperazine rings is 1. The maximum absolute atomic E-state index is 13.4. The van der Waals surface area contributed by atoms with Crippen LogP contribution in [0.4, 0.5) is 0 Å². The lowest BCUT2D eigenvalue weighted by atomic mass is 9.83. The van der Waals surface area contributed by atoms with Crippen LogP contribution in [0.15, 0.2) is 24.3 Å². The highest BCUT2D eigenvalue weighted by atomic mass is 16.5. The average Bonchev–Trinajstić information content (AvgIpc) is 3.13. The van der Waals surface area contributed by atoms with Crippen LogP contribution >= 0.6 is 0 Å². The number of carbonyl (C=O) groups excluding carboxylic acids is 2. The lowest BCUT2D eigenvalue weighted by Crippen LogP contribution is -2.59. The summed E-state index contributed by atoms with van der Waals surface area (Å²) >= 11 is 0. The van der Waals surface area contributed by atoms with E-state index >= 15 is 0 Å². The van der Waals surface area contributed by atoms with Gasteiger partial charge >= 0.3 is 0 Å². The molecule has 2 atom stereocenters. The van der Waals surface area contributed by atoms with E-state index in [2.05, 4.69) is 0 Å². The van der Waals surface area contributed by atoms with Crippen molar-refractivity contribution in [1.82, 2.24) is 14.4 Å². The number of carbonyl (C=O) groups is 2. The van der Waals surface area contributed by atoms with Crippen molar-refractivity contribution in [3.63, 3.8) is 0 Å². The highest BCUT2D eigenvalue weighted by molar-refractivity contribution is 5.99. The number of benzene rings is 1. The topological polar surface area (TPSA) is 80.8 Å². The number of hydrogen-bond acceptors (Lipinski definition) is 4. The molecule has 2 fully saturated rings. The molecule has 1 aromatic heterocycles. The molecule has 7 nitrogen and oxygen atoms in total. The maximum atomic E-state index is 13.4. The summed E-state index contributed by atoms with van der Waals surface area (Å²) in [6.07, 6.45) is 5.68. The van der Waals surface area contributed by atoms with Gasteiger partial charge in [-0.3, -0.25) is 9.59 Å². The van der Waals surface area contributed by atoms with Gasteiger partial charge in [-0.25, -0.2) is 0 Å². The molecule has 1 saturated carbocycles. The van der Waals surface area contributed by atoms with E-state index in [-0.39, 0.29) is 17.9 Å². The van der Waals surface area contributed by atoms with Crippen molar-refractivity contribution < 1.29 is 14.3 Å². The fourth-order valence-corrected chi connectivity index (χ4v) is 5.15. The zero-order valence-electron chi connectivity index (χ0n) is 18.8. The van der Waals surface area contributed by atoms with Crippen molar-refractivity contribution in [2.75, 3.05) is 26.7 Å². The Morgan fingerprint density at radius 2 is 1.87 bits per heavy atom. The van der Waals surface area contributed by atoms with E-state index in [1.807, 2.05) is 52.6 Å². The Kier molecular flexibility index (Phi) is 6.23. The van der Waals surface area contributed by atoms with Crippen LogP contribution in [-0.2, 0) is 11.8 Å². The SMILES string of the molecule is COc1ccc2cc(C(=O)N3CCN(C(=O)C(N)C4CCCCC4)CC3C)n(C)c2c1. The predicted molar refractivity (Wildman–Crippen MR) is 121 cm³/mol. The number of aryl methyl sites for hydroxylation is 1. The van der Waals surface area contributed by atoms with Gasteiger partial charge in [0.2, 0.25) is 5.91 Å². The Balaban J connectivity index is 1.45. The van der Waals surface area contributed by atoms with Crippen LogP contribution in [0.1, 0.15) is 49.5 Å². The number of rotatable bonds is 4. The minimum Gasteiger partial charge on any atom is -0.497 e. The van der Waals surface area contributed by atoms with E-state index < -0.39 is 6.04 Å². The Hall–Kier alpha value is -2.54. The van der Waals surface area contributed by atoms with Crippen molar-refractivity contribution in [3.8, 4) is 5.75 Å².